The maximum atomic E-state index is 12.5. The maximum Gasteiger partial charge on any atom is 0.303 e. The molecule has 7 fully saturated rings. The molecule has 5 unspecified atom stereocenters. The van der Waals surface area contributed by atoms with Gasteiger partial charge in [0.15, 0.2) is 12.4 Å². The van der Waals surface area contributed by atoms with Crippen LogP contribution in [0.25, 0.3) is 0 Å². The van der Waals surface area contributed by atoms with Crippen LogP contribution in [-0.2, 0) is 33.8 Å². The van der Waals surface area contributed by atoms with E-state index < -0.39 is 46.2 Å². The summed E-state index contributed by atoms with van der Waals surface area (Å²) in [5, 5.41) is 23.6. The van der Waals surface area contributed by atoms with Crippen molar-refractivity contribution in [3.8, 4) is 0 Å². The predicted octanol–water partition coefficient (Wildman–Crippen LogP) is 4.51. The van der Waals surface area contributed by atoms with Crippen LogP contribution in [0, 0.1) is 50.7 Å². The van der Waals surface area contributed by atoms with Crippen LogP contribution in [0.15, 0.2) is 0 Å². The van der Waals surface area contributed by atoms with E-state index in [4.69, 9.17) is 18.9 Å². The lowest BCUT2D eigenvalue weighted by atomic mass is 9.41. The lowest BCUT2D eigenvalue weighted by molar-refractivity contribution is -0.243. The van der Waals surface area contributed by atoms with E-state index in [1.807, 2.05) is 0 Å². The van der Waals surface area contributed by atoms with E-state index in [1.54, 1.807) is 13.8 Å². The van der Waals surface area contributed by atoms with Crippen molar-refractivity contribution in [1.29, 1.82) is 0 Å². The van der Waals surface area contributed by atoms with Gasteiger partial charge in [-0.1, -0.05) is 34.6 Å². The van der Waals surface area contributed by atoms with Crippen LogP contribution in [-0.4, -0.2) is 97.3 Å². The summed E-state index contributed by atoms with van der Waals surface area (Å²) in [7, 11) is -3.30. The Morgan fingerprint density at radius 2 is 1.71 bits per heavy atom. The molecule has 2 N–H and O–H groups in total. The molecule has 10 nitrogen and oxygen atoms in total. The summed E-state index contributed by atoms with van der Waals surface area (Å²) in [6, 6.07) is 0. The van der Waals surface area contributed by atoms with Gasteiger partial charge in [-0.15, -0.1) is 0 Å². The number of nitrogens with zero attached hydrogens (tertiary/aromatic N) is 1. The molecule has 2 saturated heterocycles. The first-order valence-electron chi connectivity index (χ1n) is 18.6. The number of fused-ring (bicyclic) bond motifs is 4. The lowest BCUT2D eigenvalue weighted by Crippen LogP contribution is -2.60. The van der Waals surface area contributed by atoms with Crippen molar-refractivity contribution >= 4 is 16.0 Å². The van der Waals surface area contributed by atoms with Crippen molar-refractivity contribution in [1.82, 2.24) is 4.31 Å². The highest BCUT2D eigenvalue weighted by Crippen LogP contribution is 2.89. The number of sulfonamides is 1. The molecule has 0 aromatic rings. The Kier molecular flexibility index (Phi) is 8.22. The number of ether oxygens (including phenoxy) is 4. The SMILES string of the molecule is CC(=O)O[C@@H](C1C[C@@H](C)C2C(O1)[C@H](O)[C@@]1(C)[C@@H]3CC[C@H]4C(C)(C)C(O[C@H]5CN(S(C)(=O)=O)CCO5)CC[C@@]45CC35CC[C@]21C)C(C)(C)O. The predicted molar refractivity (Wildman–Crippen MR) is 179 cm³/mol. The summed E-state index contributed by atoms with van der Waals surface area (Å²) in [6.45, 7) is 17.4. The fourth-order valence-corrected chi connectivity index (χ4v) is 14.6. The Hall–Kier alpha value is -0.820. The van der Waals surface area contributed by atoms with Gasteiger partial charge in [0.05, 0.1) is 49.4 Å². The average Bonchev–Trinajstić information content (AvgIpc) is 3.61. The average molecular weight is 696 g/mol. The molecular formula is C37H61NO9S. The molecule has 0 aromatic heterocycles. The second-order valence-corrected chi connectivity index (χ2v) is 20.8. The van der Waals surface area contributed by atoms with E-state index in [-0.39, 0.29) is 57.7 Å². The van der Waals surface area contributed by atoms with Crippen molar-refractivity contribution in [3.63, 3.8) is 0 Å². The van der Waals surface area contributed by atoms with Gasteiger partial charge in [0.2, 0.25) is 10.0 Å². The Morgan fingerprint density at radius 1 is 1.04 bits per heavy atom. The highest BCUT2D eigenvalue weighted by atomic mass is 32.2. The van der Waals surface area contributed by atoms with Gasteiger partial charge in [-0.05, 0) is 111 Å². The van der Waals surface area contributed by atoms with Crippen molar-refractivity contribution in [3.05, 3.63) is 0 Å². The zero-order valence-corrected chi connectivity index (χ0v) is 31.5. The fourth-order valence-electron chi connectivity index (χ4n) is 13.8. The van der Waals surface area contributed by atoms with Gasteiger partial charge < -0.3 is 29.2 Å². The Morgan fingerprint density at radius 3 is 2.35 bits per heavy atom. The molecule has 48 heavy (non-hydrogen) atoms. The number of aliphatic hydroxyl groups is 2. The Balaban J connectivity index is 1.13. The van der Waals surface area contributed by atoms with Crippen LogP contribution >= 0.6 is 0 Å². The Bertz CT molecular complexity index is 1410. The summed E-state index contributed by atoms with van der Waals surface area (Å²) in [5.74, 6) is 0.844. The molecule has 11 heteroatoms. The topological polar surface area (TPSA) is 132 Å². The largest absolute Gasteiger partial charge is 0.457 e. The normalized spacial score (nSPS) is 50.6. The quantitative estimate of drug-likeness (QED) is 0.386. The number of morpholine rings is 1. The summed E-state index contributed by atoms with van der Waals surface area (Å²) in [4.78, 5) is 12.1. The first kappa shape index (κ1) is 35.6. The molecule has 2 aliphatic heterocycles. The lowest BCUT2D eigenvalue weighted by Gasteiger charge is -2.64. The van der Waals surface area contributed by atoms with Gasteiger partial charge in [-0.3, -0.25) is 4.79 Å². The standard InChI is InChI=1S/C37H61NO9S/c1-21-18-23(31(33(5,6)41)45-22(2)39)46-29-28(21)34(7)14-15-37-20-36(37)13-12-26(47-27-19-38(16-17-44-27)48(9,42)43)32(3,4)24(36)10-11-25(37)35(34,8)30(29)40/h21,23-31,40-41H,10-20H2,1-9H3/t21-,23?,24+,25+,26?,27+,28?,29?,30+,31+,34-,35-,36-,37?/m1/s1. The number of carbonyl (C=O) groups is 1. The molecule has 7 aliphatic rings. The molecule has 2 heterocycles. The third-order valence-corrected chi connectivity index (χ3v) is 17.1. The number of hydrogen-bond acceptors (Lipinski definition) is 9. The summed E-state index contributed by atoms with van der Waals surface area (Å²) in [6.07, 6.45) is 6.62. The third kappa shape index (κ3) is 4.83. The van der Waals surface area contributed by atoms with Crippen molar-refractivity contribution in [2.45, 2.75) is 149 Å². The second-order valence-electron chi connectivity index (χ2n) is 18.8. The monoisotopic (exact) mass is 695 g/mol. The van der Waals surface area contributed by atoms with Crippen LogP contribution in [0.5, 0.6) is 0 Å². The highest BCUT2D eigenvalue weighted by molar-refractivity contribution is 7.88. The number of esters is 1. The first-order chi connectivity index (χ1) is 22.1. The van der Waals surface area contributed by atoms with Crippen molar-refractivity contribution in [2.75, 3.05) is 26.0 Å². The Labute approximate surface area is 288 Å². The smallest absolute Gasteiger partial charge is 0.303 e. The van der Waals surface area contributed by atoms with Gasteiger partial charge in [0, 0.05) is 18.9 Å². The fraction of sp³-hybridized carbons (Fsp3) is 0.973. The third-order valence-electron chi connectivity index (χ3n) is 15.9. The van der Waals surface area contributed by atoms with E-state index in [0.29, 0.717) is 31.4 Å². The number of carbonyl (C=O) groups excluding carboxylic acids is 1. The van der Waals surface area contributed by atoms with Crippen LogP contribution in [0.4, 0.5) is 0 Å². The van der Waals surface area contributed by atoms with Crippen LogP contribution in [0.2, 0.25) is 0 Å². The molecule has 0 radical (unpaired) electrons. The van der Waals surface area contributed by atoms with E-state index in [9.17, 15) is 23.4 Å². The van der Waals surface area contributed by atoms with Gasteiger partial charge >= 0.3 is 5.97 Å². The maximum absolute atomic E-state index is 12.5. The zero-order valence-electron chi connectivity index (χ0n) is 30.7. The summed E-state index contributed by atoms with van der Waals surface area (Å²) >= 11 is 0. The molecule has 14 atom stereocenters. The first-order valence-corrected chi connectivity index (χ1v) is 20.4. The molecule has 0 aromatic carbocycles. The molecule has 7 rings (SSSR count). The molecule has 0 bridgehead atoms. The van der Waals surface area contributed by atoms with E-state index >= 15 is 0 Å². The molecule has 0 amide bonds. The minimum atomic E-state index is -3.30. The van der Waals surface area contributed by atoms with Crippen molar-refractivity contribution < 1.29 is 42.4 Å². The van der Waals surface area contributed by atoms with Gasteiger partial charge in [-0.25, -0.2) is 8.42 Å². The minimum Gasteiger partial charge on any atom is -0.457 e. The second kappa shape index (κ2) is 11.1. The number of rotatable bonds is 6. The molecular weight excluding hydrogens is 634 g/mol. The van der Waals surface area contributed by atoms with Crippen LogP contribution in [0.3, 0.4) is 0 Å². The van der Waals surface area contributed by atoms with Gasteiger partial charge in [0.1, 0.15) is 0 Å². The van der Waals surface area contributed by atoms with E-state index in [2.05, 4.69) is 34.6 Å². The minimum absolute atomic E-state index is 0.0108. The van der Waals surface area contributed by atoms with Crippen molar-refractivity contribution in [2.24, 2.45) is 50.7 Å². The summed E-state index contributed by atoms with van der Waals surface area (Å²) in [5.41, 5.74) is -1.39. The van der Waals surface area contributed by atoms with Gasteiger partial charge in [0.25, 0.3) is 0 Å². The molecule has 5 aliphatic carbocycles. The van der Waals surface area contributed by atoms with E-state index in [1.165, 1.54) is 30.3 Å². The number of hydrogen-bond donors (Lipinski definition) is 2. The van der Waals surface area contributed by atoms with Gasteiger partial charge in [-0.2, -0.15) is 4.31 Å². The highest BCUT2D eigenvalue weighted by Gasteiger charge is 2.84. The number of aliphatic hydroxyl groups excluding tert-OH is 1. The van der Waals surface area contributed by atoms with E-state index in [0.717, 1.165) is 32.1 Å². The zero-order chi connectivity index (χ0) is 35.0. The molecule has 2 spiro atoms. The van der Waals surface area contributed by atoms with Crippen LogP contribution < -0.4 is 0 Å². The summed E-state index contributed by atoms with van der Waals surface area (Å²) < 4.78 is 51.1. The van der Waals surface area contributed by atoms with Crippen LogP contribution in [0.1, 0.15) is 107 Å². The molecule has 274 valence electrons. The molecule has 5 saturated carbocycles.